The van der Waals surface area contributed by atoms with Gasteiger partial charge in [-0.05, 0) is 187 Å². The Balaban J connectivity index is 0.000000210. The van der Waals surface area contributed by atoms with Gasteiger partial charge < -0.3 is 19.6 Å². The van der Waals surface area contributed by atoms with Crippen molar-refractivity contribution in [3.05, 3.63) is 158 Å². The maximum absolute atomic E-state index is 14.9. The van der Waals surface area contributed by atoms with E-state index in [4.69, 9.17) is 0 Å². The molecule has 0 N–H and O–H groups in total. The van der Waals surface area contributed by atoms with Gasteiger partial charge in [-0.15, -0.1) is 90.7 Å². The molecule has 0 aromatic carbocycles. The van der Waals surface area contributed by atoms with Crippen LogP contribution in [0.1, 0.15) is 253 Å². The second-order valence-electron chi connectivity index (χ2n) is 29.1. The Morgan fingerprint density at radius 3 is 0.857 bits per heavy atom. The largest absolute Gasteiger partial charge is 0.306 e. The molecule has 8 aromatic rings. The van der Waals surface area contributed by atoms with Crippen LogP contribution in [0.4, 0.5) is 0 Å². The highest BCUT2D eigenvalue weighted by Gasteiger charge is 2.52. The molecule has 562 valence electrons. The van der Waals surface area contributed by atoms with Gasteiger partial charge in [-0.1, -0.05) is 191 Å². The number of carbonyl (C=O) groups is 4. The van der Waals surface area contributed by atoms with E-state index in [1.165, 1.54) is 107 Å². The summed E-state index contributed by atoms with van der Waals surface area (Å²) in [6.07, 6.45) is 30.1. The van der Waals surface area contributed by atoms with Crippen molar-refractivity contribution in [2.45, 2.75) is 236 Å². The summed E-state index contributed by atoms with van der Waals surface area (Å²) in [5.41, 5.74) is 5.74. The minimum Gasteiger partial charge on any atom is -0.306 e. The average Bonchev–Trinajstić information content (AvgIpc) is 1.56. The van der Waals surface area contributed by atoms with Crippen molar-refractivity contribution in [3.63, 3.8) is 0 Å². The van der Waals surface area contributed by atoms with E-state index in [2.05, 4.69) is 175 Å². The Morgan fingerprint density at radius 1 is 0.295 bits per heavy atom. The van der Waals surface area contributed by atoms with E-state index in [1.807, 2.05) is 77.1 Å². The maximum Gasteiger partial charge on any atom is 0.261 e. The normalized spacial score (nSPS) is 15.8. The van der Waals surface area contributed by atoms with Crippen molar-refractivity contribution in [2.24, 2.45) is 23.7 Å². The molecule has 0 aliphatic carbocycles. The molecule has 8 nitrogen and oxygen atoms in total. The third-order valence-electron chi connectivity index (χ3n) is 21.6. The predicted octanol–water partition coefficient (Wildman–Crippen LogP) is 28.0. The SMILES string of the molecule is CCCCCCc1ccc(-c2ccc(-c3ccc(C4=C5C(=O)N(CC(CC)CCCC)C(c6ccc(Br)s6)=C5C(=O)N4CC(CC)CCCC)s3)s2)s1.CCCCCCc1ccc(-c2ccc(-c3ccc(C4=C5C(=O)N(CC(CC)CCCC)C(c6cccs6)=C5C(=O)N4CC(CC)CCCC)s3)s2)s1. The fourth-order valence-electron chi connectivity index (χ4n) is 15.2. The summed E-state index contributed by atoms with van der Waals surface area (Å²) < 4.78 is 1.00. The average molecular weight is 1630 g/mol. The molecule has 0 bridgehead atoms. The molecule has 8 aromatic heterocycles. The Morgan fingerprint density at radius 2 is 0.571 bits per heavy atom. The number of nitrogens with zero attached hydrogens (tertiary/aromatic N) is 4. The summed E-state index contributed by atoms with van der Waals surface area (Å²) in [4.78, 5) is 84.4. The van der Waals surface area contributed by atoms with Crippen LogP contribution in [0.2, 0.25) is 0 Å². The number of fused-ring (bicyclic) bond motifs is 2. The Hall–Kier alpha value is -5.08. The van der Waals surface area contributed by atoms with Gasteiger partial charge in [-0.25, -0.2) is 0 Å². The van der Waals surface area contributed by atoms with Gasteiger partial charge in [0.15, 0.2) is 0 Å². The quantitative estimate of drug-likeness (QED) is 0.0357. The maximum atomic E-state index is 14.9. The lowest BCUT2D eigenvalue weighted by Gasteiger charge is -2.29. The summed E-state index contributed by atoms with van der Waals surface area (Å²) in [5, 5.41) is 2.06. The first-order valence-corrected chi connectivity index (χ1v) is 47.3. The van der Waals surface area contributed by atoms with Crippen LogP contribution >= 0.6 is 107 Å². The molecule has 0 saturated carbocycles. The van der Waals surface area contributed by atoms with Gasteiger partial charge in [0.05, 0.1) is 68.4 Å². The molecule has 105 heavy (non-hydrogen) atoms. The van der Waals surface area contributed by atoms with Crippen molar-refractivity contribution in [1.29, 1.82) is 0 Å². The van der Waals surface area contributed by atoms with E-state index in [1.54, 1.807) is 45.3 Å². The van der Waals surface area contributed by atoms with Crippen LogP contribution in [0.5, 0.6) is 0 Å². The lowest BCUT2D eigenvalue weighted by atomic mass is 9.98. The first kappa shape index (κ1) is 80.9. The molecule has 4 amide bonds. The summed E-state index contributed by atoms with van der Waals surface area (Å²) >= 11 is 17.9. The molecule has 17 heteroatoms. The second-order valence-corrected chi connectivity index (χ2v) is 39.2. The summed E-state index contributed by atoms with van der Waals surface area (Å²) in [7, 11) is 0. The minimum absolute atomic E-state index is 0.00245. The Labute approximate surface area is 668 Å². The smallest absolute Gasteiger partial charge is 0.261 e. The molecule has 12 heterocycles. The van der Waals surface area contributed by atoms with Gasteiger partial charge in [0.2, 0.25) is 0 Å². The van der Waals surface area contributed by atoms with Crippen LogP contribution in [-0.4, -0.2) is 69.4 Å². The number of amides is 4. The molecule has 0 radical (unpaired) electrons. The third-order valence-corrected chi connectivity index (χ3v) is 31.5. The highest BCUT2D eigenvalue weighted by atomic mass is 79.9. The van der Waals surface area contributed by atoms with E-state index in [0.717, 1.165) is 155 Å². The predicted molar refractivity (Wildman–Crippen MR) is 462 cm³/mol. The van der Waals surface area contributed by atoms with Crippen LogP contribution in [0.3, 0.4) is 0 Å². The molecule has 4 atom stereocenters. The zero-order chi connectivity index (χ0) is 74.1. The van der Waals surface area contributed by atoms with Crippen LogP contribution in [-0.2, 0) is 32.0 Å². The van der Waals surface area contributed by atoms with Crippen molar-refractivity contribution < 1.29 is 19.2 Å². The second kappa shape index (κ2) is 39.5. The first-order chi connectivity index (χ1) is 51.2. The highest BCUT2D eigenvalue weighted by molar-refractivity contribution is 9.11. The number of hydrogen-bond donors (Lipinski definition) is 0. The Kier molecular flexibility index (Phi) is 30.5. The molecule has 0 spiro atoms. The summed E-state index contributed by atoms with van der Waals surface area (Å²) in [5.74, 6) is 1.50. The summed E-state index contributed by atoms with van der Waals surface area (Å²) in [6, 6.07) is 35.1. The number of aryl methyl sites for hydroxylation is 2. The van der Waals surface area contributed by atoms with E-state index in [-0.39, 0.29) is 23.6 Å². The third kappa shape index (κ3) is 19.0. The van der Waals surface area contributed by atoms with Gasteiger partial charge in [0, 0.05) is 75.0 Å². The topological polar surface area (TPSA) is 81.2 Å². The Bertz CT molecular complexity index is 4320. The molecule has 12 rings (SSSR count). The van der Waals surface area contributed by atoms with Crippen molar-refractivity contribution in [2.75, 3.05) is 26.2 Å². The fraction of sp³-hybridized carbons (Fsp3) is 0.500. The molecular weight excluding hydrogens is 1510 g/mol. The van der Waals surface area contributed by atoms with Gasteiger partial charge >= 0.3 is 0 Å². The number of thiophene rings is 8. The monoisotopic (exact) mass is 1620 g/mol. The van der Waals surface area contributed by atoms with E-state index in [9.17, 15) is 19.2 Å². The molecule has 0 saturated heterocycles. The van der Waals surface area contributed by atoms with E-state index >= 15 is 0 Å². The van der Waals surface area contributed by atoms with Gasteiger partial charge in [-0.2, -0.15) is 0 Å². The van der Waals surface area contributed by atoms with Gasteiger partial charge in [0.1, 0.15) is 0 Å². The van der Waals surface area contributed by atoms with Gasteiger partial charge in [0.25, 0.3) is 23.6 Å². The molecule has 4 unspecified atom stereocenters. The van der Waals surface area contributed by atoms with Crippen molar-refractivity contribution in [1.82, 2.24) is 19.6 Å². The molecule has 0 fully saturated rings. The molecule has 4 aliphatic heterocycles. The van der Waals surface area contributed by atoms with Crippen molar-refractivity contribution >= 4 is 153 Å². The highest BCUT2D eigenvalue weighted by Crippen LogP contribution is 2.54. The lowest BCUT2D eigenvalue weighted by Crippen LogP contribution is -2.34. The first-order valence-electron chi connectivity index (χ1n) is 39.9. The minimum atomic E-state index is -0.0153. The number of unbranched alkanes of at least 4 members (excludes halogenated alkanes) is 10. The number of carbonyl (C=O) groups excluding carboxylic acids is 4. The molecule has 4 aliphatic rings. The van der Waals surface area contributed by atoms with Crippen molar-refractivity contribution in [3.8, 4) is 39.0 Å². The van der Waals surface area contributed by atoms with E-state index in [0.29, 0.717) is 72.1 Å². The fourth-order valence-corrected chi connectivity index (χ4v) is 24.0. The number of hydrogen-bond acceptors (Lipinski definition) is 12. The van der Waals surface area contributed by atoms with Crippen LogP contribution in [0.15, 0.2) is 129 Å². The summed E-state index contributed by atoms with van der Waals surface area (Å²) in [6.45, 7) is 24.9. The van der Waals surface area contributed by atoms with E-state index < -0.39 is 0 Å². The van der Waals surface area contributed by atoms with Gasteiger partial charge in [-0.3, -0.25) is 19.2 Å². The number of rotatable bonds is 42. The zero-order valence-electron chi connectivity index (χ0n) is 63.9. The molecular formula is C88H111BrN4O4S8. The standard InChI is InChI=1S/C44H55BrN2O2S4.C44H56N2O2S4/c1-6-11-14-15-18-31-19-20-32(50-31)33-21-22-34(51-33)35-23-24-36(52-35)41-39-40(44(49)46(41)27-29(9-4)16-12-7-2)42(37-25-26-38(45)53-37)47(43(39)48)28-30(10-5)17-13-8-3;1-6-11-14-15-19-32-21-22-33(50-32)34-23-24-35(51-34)36-25-26-38(52-36)42-40-39(43(47)46(42)29-31(10-5)18-13-8-3)41(37-20-16-27-49-37)45(44(40)48)28-30(9-4)17-12-7-2/h19-26,29-30H,6-18,27-28H2,1-5H3;16,20-27,30-31H,6-15,17-19,28-29H2,1-5H3. The number of halogens is 1. The lowest BCUT2D eigenvalue weighted by molar-refractivity contribution is -0.124. The zero-order valence-corrected chi connectivity index (χ0v) is 72.0. The van der Waals surface area contributed by atoms with Crippen LogP contribution < -0.4 is 0 Å². The van der Waals surface area contributed by atoms with Crippen LogP contribution in [0, 0.1) is 23.7 Å². The van der Waals surface area contributed by atoms with Crippen LogP contribution in [0.25, 0.3) is 61.8 Å².